The van der Waals surface area contributed by atoms with Gasteiger partial charge in [-0.15, -0.1) is 0 Å². The lowest BCUT2D eigenvalue weighted by Crippen LogP contribution is -2.88. The van der Waals surface area contributed by atoms with E-state index in [1.54, 1.807) is 0 Å². The molecule has 1 aromatic rings. The highest BCUT2D eigenvalue weighted by Crippen LogP contribution is 2.12. The molecule has 0 heterocycles. The summed E-state index contributed by atoms with van der Waals surface area (Å²) in [5, 5.41) is 6.30. The van der Waals surface area contributed by atoms with Gasteiger partial charge in [0, 0.05) is 18.8 Å². The van der Waals surface area contributed by atoms with Crippen molar-refractivity contribution in [3.05, 3.63) is 29.8 Å². The first kappa shape index (κ1) is 14.0. The normalized spacial score (nSPS) is 9.94. The van der Waals surface area contributed by atoms with Crippen molar-refractivity contribution in [2.24, 2.45) is 0 Å². The largest absolute Gasteiger partial charge is 0.354 e. The molecule has 7 heteroatoms. The first-order valence-electron chi connectivity index (χ1n) is 5.30. The minimum absolute atomic E-state index is 0.0203. The molecule has 0 atom stereocenters. The third-order valence-corrected chi connectivity index (χ3v) is 2.14. The fourth-order valence-electron chi connectivity index (χ4n) is 1.22. The zero-order valence-corrected chi connectivity index (χ0v) is 9.80. The van der Waals surface area contributed by atoms with Crippen molar-refractivity contribution in [3.8, 4) is 0 Å². The molecule has 5 nitrogen and oxygen atoms in total. The highest BCUT2D eigenvalue weighted by atomic mass is 19.2. The monoisotopic (exact) mass is 258 g/mol. The molecule has 4 N–H and O–H groups in total. The Hall–Kier alpha value is -2.02. The quantitative estimate of drug-likeness (QED) is 0.647. The van der Waals surface area contributed by atoms with Crippen molar-refractivity contribution in [1.29, 1.82) is 0 Å². The van der Waals surface area contributed by atoms with Gasteiger partial charge in [0.15, 0.2) is 24.7 Å². The molecule has 0 aliphatic heterocycles. The lowest BCUT2D eigenvalue weighted by atomic mass is 10.3. The van der Waals surface area contributed by atoms with Crippen molar-refractivity contribution in [3.63, 3.8) is 0 Å². The summed E-state index contributed by atoms with van der Waals surface area (Å²) in [6.07, 6.45) is 0. The predicted molar refractivity (Wildman–Crippen MR) is 60.7 cm³/mol. The maximum absolute atomic E-state index is 12.8. The van der Waals surface area contributed by atoms with Crippen molar-refractivity contribution in [2.75, 3.05) is 25.5 Å². The number of amides is 2. The predicted octanol–water partition coefficient (Wildman–Crippen LogP) is -0.787. The maximum Gasteiger partial charge on any atom is 0.279 e. The van der Waals surface area contributed by atoms with Crippen LogP contribution in [0.4, 0.5) is 14.5 Å². The average molecular weight is 258 g/mol. The summed E-state index contributed by atoms with van der Waals surface area (Å²) in [6, 6.07) is 3.08. The summed E-state index contributed by atoms with van der Waals surface area (Å²) < 4.78 is 25.5. The minimum Gasteiger partial charge on any atom is -0.354 e. The number of carbonyl (C=O) groups excluding carboxylic acids is 2. The second-order valence-corrected chi connectivity index (χ2v) is 3.55. The van der Waals surface area contributed by atoms with Crippen LogP contribution in [0.5, 0.6) is 0 Å². The van der Waals surface area contributed by atoms with E-state index in [0.717, 1.165) is 12.1 Å². The van der Waals surface area contributed by atoms with Gasteiger partial charge in [-0.1, -0.05) is 0 Å². The Kier molecular flexibility index (Phi) is 5.19. The number of anilines is 1. The lowest BCUT2D eigenvalue weighted by molar-refractivity contribution is -0.632. The highest BCUT2D eigenvalue weighted by Gasteiger charge is 2.08. The van der Waals surface area contributed by atoms with E-state index in [-0.39, 0.29) is 24.7 Å². The Bertz CT molecular complexity index is 452. The Morgan fingerprint density at radius 2 is 1.83 bits per heavy atom. The molecule has 0 radical (unpaired) electrons. The van der Waals surface area contributed by atoms with Gasteiger partial charge in [0.1, 0.15) is 0 Å². The number of hydrogen-bond donors (Lipinski definition) is 3. The van der Waals surface area contributed by atoms with Gasteiger partial charge in [-0.3, -0.25) is 9.59 Å². The molecule has 98 valence electrons. The van der Waals surface area contributed by atoms with Crippen molar-refractivity contribution >= 4 is 17.5 Å². The standard InChI is InChI=1S/C11H13F2N3O2/c1-14-10(17)5-15-6-11(18)16-7-2-3-8(12)9(13)4-7/h2-4,15H,5-6H2,1H3,(H,14,17)(H,16,18)/p+1. The van der Waals surface area contributed by atoms with Gasteiger partial charge in [0.25, 0.3) is 11.8 Å². The topological polar surface area (TPSA) is 74.8 Å². The number of carbonyl (C=O) groups is 2. The van der Waals surface area contributed by atoms with E-state index in [2.05, 4.69) is 10.6 Å². The van der Waals surface area contributed by atoms with Gasteiger partial charge >= 0.3 is 0 Å². The number of halogens is 2. The van der Waals surface area contributed by atoms with Crippen LogP contribution in [0.15, 0.2) is 18.2 Å². The van der Waals surface area contributed by atoms with Crippen molar-refractivity contribution < 1.29 is 23.7 Å². The van der Waals surface area contributed by atoms with E-state index in [9.17, 15) is 18.4 Å². The molecule has 2 amide bonds. The molecular weight excluding hydrogens is 244 g/mol. The zero-order chi connectivity index (χ0) is 13.5. The van der Waals surface area contributed by atoms with Crippen LogP contribution < -0.4 is 16.0 Å². The Morgan fingerprint density at radius 3 is 2.44 bits per heavy atom. The molecule has 0 fully saturated rings. The van der Waals surface area contributed by atoms with E-state index >= 15 is 0 Å². The third-order valence-electron chi connectivity index (χ3n) is 2.14. The van der Waals surface area contributed by atoms with Gasteiger partial charge in [-0.2, -0.15) is 0 Å². The van der Waals surface area contributed by atoms with Crippen LogP contribution in [0.25, 0.3) is 0 Å². The van der Waals surface area contributed by atoms with E-state index in [1.807, 2.05) is 0 Å². The number of nitrogens with two attached hydrogens (primary N) is 1. The molecular formula is C11H14F2N3O2+. The second-order valence-electron chi connectivity index (χ2n) is 3.55. The Labute approximate surface area is 103 Å². The molecule has 18 heavy (non-hydrogen) atoms. The zero-order valence-electron chi connectivity index (χ0n) is 9.80. The van der Waals surface area contributed by atoms with Crippen LogP contribution in [-0.4, -0.2) is 32.0 Å². The summed E-state index contributed by atoms with van der Waals surface area (Å²) >= 11 is 0. The van der Waals surface area contributed by atoms with Gasteiger partial charge < -0.3 is 16.0 Å². The van der Waals surface area contributed by atoms with E-state index in [1.165, 1.54) is 18.4 Å². The fourth-order valence-corrected chi connectivity index (χ4v) is 1.22. The number of quaternary nitrogens is 1. The fraction of sp³-hybridized carbons (Fsp3) is 0.273. The summed E-state index contributed by atoms with van der Waals surface area (Å²) in [6.45, 7) is 0.147. The van der Waals surface area contributed by atoms with E-state index in [0.29, 0.717) is 0 Å². The summed E-state index contributed by atoms with van der Waals surface area (Å²) in [4.78, 5) is 22.3. The van der Waals surface area contributed by atoms with Gasteiger partial charge in [-0.25, -0.2) is 8.78 Å². The number of hydrogen-bond acceptors (Lipinski definition) is 2. The minimum atomic E-state index is -1.03. The molecule has 0 aliphatic rings. The van der Waals surface area contributed by atoms with Crippen molar-refractivity contribution in [1.82, 2.24) is 5.32 Å². The Morgan fingerprint density at radius 1 is 1.17 bits per heavy atom. The first-order valence-corrected chi connectivity index (χ1v) is 5.30. The van der Waals surface area contributed by atoms with Crippen LogP contribution in [0, 0.1) is 11.6 Å². The van der Waals surface area contributed by atoms with Crippen LogP contribution in [0.2, 0.25) is 0 Å². The number of rotatable bonds is 5. The molecule has 0 unspecified atom stereocenters. The number of likely N-dealkylation sites (N-methyl/N-ethyl adjacent to an activating group) is 1. The van der Waals surface area contributed by atoms with Gasteiger partial charge in [0.05, 0.1) is 0 Å². The van der Waals surface area contributed by atoms with Crippen LogP contribution >= 0.6 is 0 Å². The van der Waals surface area contributed by atoms with Crippen LogP contribution in [0.3, 0.4) is 0 Å². The molecule has 0 saturated carbocycles. The van der Waals surface area contributed by atoms with Crippen LogP contribution in [0.1, 0.15) is 0 Å². The smallest absolute Gasteiger partial charge is 0.279 e. The van der Waals surface area contributed by atoms with Gasteiger partial charge in [-0.05, 0) is 12.1 Å². The third kappa shape index (κ3) is 4.46. The molecule has 1 aromatic carbocycles. The molecule has 0 bridgehead atoms. The summed E-state index contributed by atoms with van der Waals surface area (Å²) in [5.41, 5.74) is 0.173. The Balaban J connectivity index is 2.40. The highest BCUT2D eigenvalue weighted by molar-refractivity contribution is 5.91. The summed E-state index contributed by atoms with van der Waals surface area (Å²) in [5.74, 6) is -2.60. The molecule has 0 aliphatic carbocycles. The first-order chi connectivity index (χ1) is 8.52. The van der Waals surface area contributed by atoms with Crippen molar-refractivity contribution in [2.45, 2.75) is 0 Å². The maximum atomic E-state index is 12.8. The summed E-state index contributed by atoms with van der Waals surface area (Å²) in [7, 11) is 1.50. The second kappa shape index (κ2) is 6.65. The van der Waals surface area contributed by atoms with E-state index < -0.39 is 17.5 Å². The van der Waals surface area contributed by atoms with Gasteiger partial charge in [0.2, 0.25) is 0 Å². The SMILES string of the molecule is CNC(=O)C[NH2+]CC(=O)Nc1ccc(F)c(F)c1. The average Bonchev–Trinajstić information content (AvgIpc) is 2.33. The molecule has 1 rings (SSSR count). The number of nitrogens with one attached hydrogen (secondary N) is 2. The molecule has 0 spiro atoms. The van der Waals surface area contributed by atoms with Crippen LogP contribution in [-0.2, 0) is 9.59 Å². The molecule has 0 aromatic heterocycles. The van der Waals surface area contributed by atoms with E-state index in [4.69, 9.17) is 0 Å². The number of benzene rings is 1. The lowest BCUT2D eigenvalue weighted by Gasteiger charge is -2.04. The molecule has 0 saturated heterocycles.